The Morgan fingerprint density at radius 2 is 1.85 bits per heavy atom. The monoisotopic (exact) mass is 275 g/mol. The van der Waals surface area contributed by atoms with E-state index in [9.17, 15) is 13.2 Å². The van der Waals surface area contributed by atoms with E-state index < -0.39 is 21.6 Å². The molecule has 3 nitrogen and oxygen atoms in total. The molecule has 2 N–H and O–H groups in total. The first-order valence-corrected chi connectivity index (χ1v) is 4.05. The van der Waals surface area contributed by atoms with Gasteiger partial charge in [-0.15, -0.1) is 0 Å². The molecule has 0 aliphatic carbocycles. The van der Waals surface area contributed by atoms with Crippen molar-refractivity contribution in [2.45, 2.75) is 6.18 Å². The van der Waals surface area contributed by atoms with Crippen LogP contribution in [-0.4, -0.2) is 9.97 Å². The fourth-order valence-electron chi connectivity index (χ4n) is 0.624. The van der Waals surface area contributed by atoms with E-state index in [4.69, 9.17) is 17.3 Å². The third-order valence-electron chi connectivity index (χ3n) is 1.12. The molecule has 0 fully saturated rings. The van der Waals surface area contributed by atoms with Gasteiger partial charge in [0, 0.05) is 0 Å². The number of aromatic nitrogens is 2. The number of anilines is 1. The van der Waals surface area contributed by atoms with E-state index in [1.54, 1.807) is 0 Å². The Labute approximate surface area is 84.2 Å². The van der Waals surface area contributed by atoms with Crippen molar-refractivity contribution < 1.29 is 13.2 Å². The molecule has 0 saturated heterocycles. The molecular formula is C5H2BrClF3N3. The zero-order valence-electron chi connectivity index (χ0n) is 5.86. The van der Waals surface area contributed by atoms with E-state index in [0.29, 0.717) is 0 Å². The van der Waals surface area contributed by atoms with Crippen LogP contribution in [-0.2, 0) is 6.18 Å². The van der Waals surface area contributed by atoms with Gasteiger partial charge >= 0.3 is 6.18 Å². The summed E-state index contributed by atoms with van der Waals surface area (Å²) in [6.07, 6.45) is -4.60. The average molecular weight is 276 g/mol. The van der Waals surface area contributed by atoms with E-state index >= 15 is 0 Å². The zero-order chi connectivity index (χ0) is 10.2. The first-order chi connectivity index (χ1) is 5.82. The number of nitrogens with two attached hydrogens (primary N) is 1. The highest BCUT2D eigenvalue weighted by atomic mass is 79.9. The standard InChI is InChI=1S/C5H2BrClF3N3/c6-1-2(5(8,9)10)12-4(7)13-3(1)11/h(H2,11,12,13). The van der Waals surface area contributed by atoms with E-state index in [-0.39, 0.29) is 5.82 Å². The van der Waals surface area contributed by atoms with Crippen molar-refractivity contribution in [2.24, 2.45) is 0 Å². The third kappa shape index (κ3) is 2.22. The van der Waals surface area contributed by atoms with Crippen LogP contribution in [0.25, 0.3) is 0 Å². The highest BCUT2D eigenvalue weighted by Gasteiger charge is 2.36. The molecule has 0 radical (unpaired) electrons. The molecule has 72 valence electrons. The number of rotatable bonds is 0. The molecule has 1 aromatic heterocycles. The Hall–Kier alpha value is -0.560. The van der Waals surface area contributed by atoms with Gasteiger partial charge in [-0.2, -0.15) is 18.2 Å². The molecule has 0 spiro atoms. The zero-order valence-corrected chi connectivity index (χ0v) is 8.20. The van der Waals surface area contributed by atoms with Crippen molar-refractivity contribution in [3.8, 4) is 0 Å². The fourth-order valence-corrected chi connectivity index (χ4v) is 1.20. The first kappa shape index (κ1) is 10.5. The summed E-state index contributed by atoms with van der Waals surface area (Å²) >= 11 is 7.83. The number of nitrogens with zero attached hydrogens (tertiary/aromatic N) is 2. The number of hydrogen-bond donors (Lipinski definition) is 1. The summed E-state index contributed by atoms with van der Waals surface area (Å²) in [5.74, 6) is -0.340. The topological polar surface area (TPSA) is 51.8 Å². The Kier molecular flexibility index (Phi) is 2.67. The molecule has 1 heterocycles. The molecule has 0 atom stereocenters. The Balaban J connectivity index is 3.37. The Bertz CT molecular complexity index is 341. The summed E-state index contributed by atoms with van der Waals surface area (Å²) in [6, 6.07) is 0. The number of halogens is 5. The van der Waals surface area contributed by atoms with Crippen molar-refractivity contribution in [1.82, 2.24) is 9.97 Å². The van der Waals surface area contributed by atoms with Crippen LogP contribution in [0.1, 0.15) is 5.69 Å². The molecule has 0 aliphatic rings. The molecule has 0 bridgehead atoms. The number of nitrogen functional groups attached to an aromatic ring is 1. The molecule has 0 aromatic carbocycles. The van der Waals surface area contributed by atoms with Gasteiger partial charge in [0.15, 0.2) is 5.69 Å². The lowest BCUT2D eigenvalue weighted by Crippen LogP contribution is -2.11. The highest BCUT2D eigenvalue weighted by molar-refractivity contribution is 9.10. The van der Waals surface area contributed by atoms with E-state index in [0.717, 1.165) is 0 Å². The smallest absolute Gasteiger partial charge is 0.383 e. The predicted molar refractivity (Wildman–Crippen MR) is 44.2 cm³/mol. The maximum Gasteiger partial charge on any atom is 0.434 e. The van der Waals surface area contributed by atoms with E-state index in [2.05, 4.69) is 25.9 Å². The van der Waals surface area contributed by atoms with Gasteiger partial charge in [-0.25, -0.2) is 4.98 Å². The molecule has 0 unspecified atom stereocenters. The molecule has 0 saturated carbocycles. The number of hydrogen-bond acceptors (Lipinski definition) is 3. The maximum absolute atomic E-state index is 12.2. The second-order valence-electron chi connectivity index (χ2n) is 2.04. The predicted octanol–water partition coefficient (Wildman–Crippen LogP) is 2.49. The third-order valence-corrected chi connectivity index (χ3v) is 2.07. The van der Waals surface area contributed by atoms with Gasteiger partial charge in [-0.3, -0.25) is 0 Å². The van der Waals surface area contributed by atoms with Crippen LogP contribution in [0.3, 0.4) is 0 Å². The van der Waals surface area contributed by atoms with Crippen molar-refractivity contribution in [3.63, 3.8) is 0 Å². The van der Waals surface area contributed by atoms with Crippen LogP contribution in [0.5, 0.6) is 0 Å². The van der Waals surface area contributed by atoms with Gasteiger partial charge in [-0.1, -0.05) is 0 Å². The summed E-state index contributed by atoms with van der Waals surface area (Å²) in [7, 11) is 0. The summed E-state index contributed by atoms with van der Waals surface area (Å²) in [4.78, 5) is 6.34. The fraction of sp³-hybridized carbons (Fsp3) is 0.200. The van der Waals surface area contributed by atoms with E-state index in [1.807, 2.05) is 0 Å². The minimum atomic E-state index is -4.60. The molecule has 0 amide bonds. The quantitative estimate of drug-likeness (QED) is 0.741. The maximum atomic E-state index is 12.2. The van der Waals surface area contributed by atoms with Crippen molar-refractivity contribution >= 4 is 33.3 Å². The van der Waals surface area contributed by atoms with E-state index in [1.165, 1.54) is 0 Å². The van der Waals surface area contributed by atoms with Crippen molar-refractivity contribution in [3.05, 3.63) is 15.5 Å². The van der Waals surface area contributed by atoms with Gasteiger partial charge in [0.25, 0.3) is 0 Å². The second-order valence-corrected chi connectivity index (χ2v) is 3.17. The second kappa shape index (κ2) is 3.30. The minimum Gasteiger partial charge on any atom is -0.383 e. The summed E-state index contributed by atoms with van der Waals surface area (Å²) in [6.45, 7) is 0. The normalized spacial score (nSPS) is 11.8. The van der Waals surface area contributed by atoms with Crippen LogP contribution in [0.2, 0.25) is 5.28 Å². The van der Waals surface area contributed by atoms with Crippen LogP contribution >= 0.6 is 27.5 Å². The Morgan fingerprint density at radius 3 is 2.31 bits per heavy atom. The highest BCUT2D eigenvalue weighted by Crippen LogP contribution is 2.35. The summed E-state index contributed by atoms with van der Waals surface area (Å²) < 4.78 is 36.1. The van der Waals surface area contributed by atoms with Crippen LogP contribution < -0.4 is 5.73 Å². The van der Waals surface area contributed by atoms with Gasteiger partial charge in [0.05, 0.1) is 4.47 Å². The average Bonchev–Trinajstić information content (AvgIpc) is 1.94. The van der Waals surface area contributed by atoms with Gasteiger partial charge in [-0.05, 0) is 27.5 Å². The van der Waals surface area contributed by atoms with Crippen LogP contribution in [0.15, 0.2) is 4.47 Å². The van der Waals surface area contributed by atoms with Gasteiger partial charge in [0.1, 0.15) is 5.82 Å². The minimum absolute atomic E-state index is 0.340. The number of alkyl halides is 3. The van der Waals surface area contributed by atoms with Gasteiger partial charge < -0.3 is 5.73 Å². The van der Waals surface area contributed by atoms with Gasteiger partial charge in [0.2, 0.25) is 5.28 Å². The van der Waals surface area contributed by atoms with Crippen molar-refractivity contribution in [2.75, 3.05) is 5.73 Å². The molecular weight excluding hydrogens is 274 g/mol. The molecule has 1 aromatic rings. The lowest BCUT2D eigenvalue weighted by molar-refractivity contribution is -0.141. The lowest BCUT2D eigenvalue weighted by atomic mass is 10.4. The summed E-state index contributed by atoms with van der Waals surface area (Å²) in [5, 5.41) is -0.534. The summed E-state index contributed by atoms with van der Waals surface area (Å²) in [5.41, 5.74) is 3.96. The van der Waals surface area contributed by atoms with Crippen LogP contribution in [0, 0.1) is 0 Å². The molecule has 13 heavy (non-hydrogen) atoms. The molecule has 0 aliphatic heterocycles. The lowest BCUT2D eigenvalue weighted by Gasteiger charge is -2.08. The van der Waals surface area contributed by atoms with Crippen molar-refractivity contribution in [1.29, 1.82) is 0 Å². The first-order valence-electron chi connectivity index (χ1n) is 2.88. The largest absolute Gasteiger partial charge is 0.434 e. The SMILES string of the molecule is Nc1nc(Cl)nc(C(F)(F)F)c1Br. The Morgan fingerprint density at radius 1 is 1.31 bits per heavy atom. The molecule has 1 rings (SSSR count). The molecule has 8 heteroatoms. The van der Waals surface area contributed by atoms with Crippen LogP contribution in [0.4, 0.5) is 19.0 Å².